The van der Waals surface area contributed by atoms with Crippen molar-refractivity contribution in [3.63, 3.8) is 0 Å². The molecule has 2 heterocycles. The van der Waals surface area contributed by atoms with Gasteiger partial charge in [-0.15, -0.1) is 0 Å². The number of piperidine rings is 1. The molecule has 2 aliphatic heterocycles. The Kier molecular flexibility index (Phi) is 3.45. The van der Waals surface area contributed by atoms with E-state index in [-0.39, 0.29) is 18.4 Å². The summed E-state index contributed by atoms with van der Waals surface area (Å²) in [5.74, 6) is 0.000207. The van der Waals surface area contributed by atoms with Crippen molar-refractivity contribution in [1.29, 1.82) is 5.26 Å². The highest BCUT2D eigenvalue weighted by atomic mass is 16.2. The molecule has 2 unspecified atom stereocenters. The normalized spacial score (nSPS) is 30.6. The van der Waals surface area contributed by atoms with Crippen LogP contribution >= 0.6 is 0 Å². The van der Waals surface area contributed by atoms with E-state index in [2.05, 4.69) is 11.8 Å². The van der Waals surface area contributed by atoms with Crippen LogP contribution in [0.2, 0.25) is 0 Å². The molecule has 2 rings (SSSR count). The van der Waals surface area contributed by atoms with Crippen LogP contribution in [0.5, 0.6) is 0 Å². The van der Waals surface area contributed by atoms with Gasteiger partial charge in [-0.25, -0.2) is 0 Å². The lowest BCUT2D eigenvalue weighted by molar-refractivity contribution is -0.136. The van der Waals surface area contributed by atoms with Gasteiger partial charge in [0.15, 0.2) is 0 Å². The van der Waals surface area contributed by atoms with Crippen LogP contribution in [0.3, 0.4) is 0 Å². The highest BCUT2D eigenvalue weighted by molar-refractivity contribution is 5.78. The molecule has 0 spiro atoms. The van der Waals surface area contributed by atoms with E-state index >= 15 is 0 Å². The number of hydrogen-bond acceptors (Lipinski definition) is 3. The first-order valence-corrected chi connectivity index (χ1v) is 6.13. The Balaban J connectivity index is 2.00. The maximum absolute atomic E-state index is 11.8. The smallest absolute Gasteiger partial charge is 0.237 e. The number of nitriles is 1. The molecule has 2 saturated heterocycles. The maximum Gasteiger partial charge on any atom is 0.237 e. The van der Waals surface area contributed by atoms with Crippen molar-refractivity contribution in [1.82, 2.24) is 9.80 Å². The van der Waals surface area contributed by atoms with Gasteiger partial charge in [0, 0.05) is 25.2 Å². The molecule has 0 aliphatic carbocycles. The Labute approximate surface area is 96.8 Å². The summed E-state index contributed by atoms with van der Waals surface area (Å²) >= 11 is 0. The Hall–Kier alpha value is -1.08. The molecule has 0 radical (unpaired) electrons. The standard InChI is InChI=1S/C12H19N3O/c1-10-8-14-7-3-2-4-11(14)9-15(10)12(16)5-6-13/h10-11H,2-5,7-9H2,1H3. The van der Waals surface area contributed by atoms with Crippen molar-refractivity contribution in [3.05, 3.63) is 0 Å². The van der Waals surface area contributed by atoms with Crippen molar-refractivity contribution < 1.29 is 4.79 Å². The predicted octanol–water partition coefficient (Wildman–Crippen LogP) is 0.985. The van der Waals surface area contributed by atoms with Crippen molar-refractivity contribution in [2.24, 2.45) is 0 Å². The van der Waals surface area contributed by atoms with Gasteiger partial charge >= 0.3 is 0 Å². The fraction of sp³-hybridized carbons (Fsp3) is 0.833. The lowest BCUT2D eigenvalue weighted by Crippen LogP contribution is -2.60. The summed E-state index contributed by atoms with van der Waals surface area (Å²) in [5, 5.41) is 8.58. The fourth-order valence-corrected chi connectivity index (χ4v) is 2.87. The van der Waals surface area contributed by atoms with E-state index in [0.29, 0.717) is 6.04 Å². The topological polar surface area (TPSA) is 47.3 Å². The van der Waals surface area contributed by atoms with E-state index in [0.717, 1.165) is 13.1 Å². The summed E-state index contributed by atoms with van der Waals surface area (Å²) in [5.41, 5.74) is 0. The number of carbonyl (C=O) groups is 1. The molecular weight excluding hydrogens is 202 g/mol. The minimum absolute atomic E-state index is 0.000207. The van der Waals surface area contributed by atoms with Crippen LogP contribution in [0.1, 0.15) is 32.6 Å². The third kappa shape index (κ3) is 2.19. The van der Waals surface area contributed by atoms with Crippen LogP contribution in [0, 0.1) is 11.3 Å². The highest BCUT2D eigenvalue weighted by Gasteiger charge is 2.34. The molecule has 4 heteroatoms. The van der Waals surface area contributed by atoms with E-state index < -0.39 is 0 Å². The second-order valence-electron chi connectivity index (χ2n) is 4.87. The molecule has 0 saturated carbocycles. The van der Waals surface area contributed by atoms with E-state index in [1.54, 1.807) is 0 Å². The van der Waals surface area contributed by atoms with Crippen LogP contribution < -0.4 is 0 Å². The van der Waals surface area contributed by atoms with Crippen molar-refractivity contribution in [2.75, 3.05) is 19.6 Å². The summed E-state index contributed by atoms with van der Waals surface area (Å²) in [6, 6.07) is 2.75. The molecule has 0 N–H and O–H groups in total. The largest absolute Gasteiger partial charge is 0.336 e. The number of fused-ring (bicyclic) bond motifs is 1. The predicted molar refractivity (Wildman–Crippen MR) is 60.6 cm³/mol. The van der Waals surface area contributed by atoms with Crippen molar-refractivity contribution >= 4 is 5.91 Å². The molecule has 2 aliphatic rings. The number of rotatable bonds is 1. The zero-order chi connectivity index (χ0) is 11.5. The maximum atomic E-state index is 11.8. The van der Waals surface area contributed by atoms with Crippen LogP contribution in [-0.2, 0) is 4.79 Å². The average molecular weight is 221 g/mol. The van der Waals surface area contributed by atoms with Gasteiger partial charge in [-0.05, 0) is 26.3 Å². The van der Waals surface area contributed by atoms with Gasteiger partial charge in [0.25, 0.3) is 0 Å². The molecule has 0 aromatic rings. The Bertz CT molecular complexity index is 310. The number of amides is 1. The summed E-state index contributed by atoms with van der Waals surface area (Å²) < 4.78 is 0. The molecule has 0 aromatic carbocycles. The van der Waals surface area contributed by atoms with Gasteiger partial charge < -0.3 is 4.90 Å². The molecule has 88 valence electrons. The fourth-order valence-electron chi connectivity index (χ4n) is 2.87. The van der Waals surface area contributed by atoms with Gasteiger partial charge in [-0.1, -0.05) is 6.42 Å². The average Bonchev–Trinajstić information content (AvgIpc) is 2.28. The first-order chi connectivity index (χ1) is 7.72. The second-order valence-corrected chi connectivity index (χ2v) is 4.87. The van der Waals surface area contributed by atoms with Gasteiger partial charge in [-0.2, -0.15) is 5.26 Å². The molecule has 0 aromatic heterocycles. The second kappa shape index (κ2) is 4.84. The van der Waals surface area contributed by atoms with Gasteiger partial charge in [-0.3, -0.25) is 9.69 Å². The van der Waals surface area contributed by atoms with Gasteiger partial charge in [0.05, 0.1) is 6.07 Å². The third-order valence-electron chi connectivity index (χ3n) is 3.74. The van der Waals surface area contributed by atoms with Crippen molar-refractivity contribution in [3.8, 4) is 6.07 Å². The van der Waals surface area contributed by atoms with Crippen LogP contribution in [0.4, 0.5) is 0 Å². The summed E-state index contributed by atoms with van der Waals surface area (Å²) in [4.78, 5) is 16.2. The lowest BCUT2D eigenvalue weighted by Gasteiger charge is -2.47. The molecule has 1 amide bonds. The monoisotopic (exact) mass is 221 g/mol. The summed E-state index contributed by atoms with van der Waals surface area (Å²) in [7, 11) is 0. The first kappa shape index (κ1) is 11.4. The van der Waals surface area contributed by atoms with E-state index in [9.17, 15) is 4.79 Å². The zero-order valence-corrected chi connectivity index (χ0v) is 9.85. The van der Waals surface area contributed by atoms with Gasteiger partial charge in [0.1, 0.15) is 6.42 Å². The van der Waals surface area contributed by atoms with Crippen LogP contribution in [0.25, 0.3) is 0 Å². The Morgan fingerprint density at radius 2 is 2.25 bits per heavy atom. The molecule has 0 bridgehead atoms. The lowest BCUT2D eigenvalue weighted by atomic mass is 9.97. The third-order valence-corrected chi connectivity index (χ3v) is 3.74. The van der Waals surface area contributed by atoms with Crippen LogP contribution in [0.15, 0.2) is 0 Å². The summed E-state index contributed by atoms with van der Waals surface area (Å²) in [6.07, 6.45) is 3.78. The molecule has 2 fully saturated rings. The van der Waals surface area contributed by atoms with Crippen LogP contribution in [-0.4, -0.2) is 47.4 Å². The number of nitrogens with zero attached hydrogens (tertiary/aromatic N) is 3. The molecule has 2 atom stereocenters. The summed E-state index contributed by atoms with van der Waals surface area (Å²) in [6.45, 7) is 5.05. The SMILES string of the molecule is CC1CN2CCCCC2CN1C(=O)CC#N. The number of hydrogen-bond donors (Lipinski definition) is 0. The van der Waals surface area contributed by atoms with Gasteiger partial charge in [0.2, 0.25) is 5.91 Å². The Morgan fingerprint density at radius 1 is 1.44 bits per heavy atom. The number of carbonyl (C=O) groups excluding carboxylic acids is 1. The van der Waals surface area contributed by atoms with E-state index in [1.165, 1.54) is 25.8 Å². The minimum atomic E-state index is 0.000207. The van der Waals surface area contributed by atoms with E-state index in [1.807, 2.05) is 11.0 Å². The molecule has 4 nitrogen and oxygen atoms in total. The van der Waals surface area contributed by atoms with Crippen molar-refractivity contribution in [2.45, 2.75) is 44.7 Å². The van der Waals surface area contributed by atoms with E-state index in [4.69, 9.17) is 5.26 Å². The first-order valence-electron chi connectivity index (χ1n) is 6.13. The number of piperazine rings is 1. The molecule has 16 heavy (non-hydrogen) atoms. The Morgan fingerprint density at radius 3 is 3.00 bits per heavy atom. The zero-order valence-electron chi connectivity index (χ0n) is 9.85. The quantitative estimate of drug-likeness (QED) is 0.663. The minimum Gasteiger partial charge on any atom is -0.336 e. The highest BCUT2D eigenvalue weighted by Crippen LogP contribution is 2.24. The molecular formula is C12H19N3O.